The summed E-state index contributed by atoms with van der Waals surface area (Å²) in [5, 5.41) is 14.2. The molecule has 5 nitrogen and oxygen atoms in total. The molecule has 0 bridgehead atoms. The number of hydrogen-bond acceptors (Lipinski definition) is 4. The summed E-state index contributed by atoms with van der Waals surface area (Å²) >= 11 is 6.93. The van der Waals surface area contributed by atoms with Crippen molar-refractivity contribution in [2.45, 2.75) is 30.8 Å². The number of halogens is 1. The number of rotatable bonds is 2. The molecule has 0 saturated heterocycles. The van der Waals surface area contributed by atoms with Gasteiger partial charge in [-0.05, 0) is 48.6 Å². The molecular weight excluding hydrogens is 386 g/mol. The number of benzene rings is 1. The van der Waals surface area contributed by atoms with Crippen molar-refractivity contribution < 1.29 is 5.11 Å². The number of aryl methyl sites for hydroxylation is 1. The smallest absolute Gasteiger partial charge is 0.258 e. The average Bonchev–Trinajstić information content (AvgIpc) is 3.28. The third kappa shape index (κ3) is 2.88. The highest BCUT2D eigenvalue weighted by Gasteiger charge is 2.47. The Balaban J connectivity index is 1.63. The lowest BCUT2D eigenvalue weighted by atomic mass is 9.80. The highest BCUT2D eigenvalue weighted by atomic mass is 35.5. The molecule has 1 aliphatic heterocycles. The predicted octanol–water partition coefficient (Wildman–Crippen LogP) is 3.98. The third-order valence-electron chi connectivity index (χ3n) is 6.33. The van der Waals surface area contributed by atoms with Gasteiger partial charge in [0.1, 0.15) is 5.82 Å². The molecule has 2 aromatic heterocycles. The zero-order valence-electron chi connectivity index (χ0n) is 16.2. The van der Waals surface area contributed by atoms with E-state index in [9.17, 15) is 9.90 Å². The van der Waals surface area contributed by atoms with Crippen molar-refractivity contribution >= 4 is 17.4 Å². The second-order valence-electron chi connectivity index (χ2n) is 8.16. The largest absolute Gasteiger partial charge is 0.393 e. The normalized spacial score (nSPS) is 22.7. The number of aliphatic hydroxyl groups is 1. The van der Waals surface area contributed by atoms with E-state index >= 15 is 0 Å². The van der Waals surface area contributed by atoms with Crippen molar-refractivity contribution in [2.24, 2.45) is 7.05 Å². The van der Waals surface area contributed by atoms with Gasteiger partial charge in [0.25, 0.3) is 5.56 Å². The lowest BCUT2D eigenvalue weighted by molar-refractivity contribution is 0.175. The molecule has 2 N–H and O–H groups in total. The zero-order valence-corrected chi connectivity index (χ0v) is 16.9. The molecule has 1 unspecified atom stereocenters. The van der Waals surface area contributed by atoms with Crippen LogP contribution < -0.4 is 10.9 Å². The fourth-order valence-electron chi connectivity index (χ4n) is 4.81. The second-order valence-corrected chi connectivity index (χ2v) is 8.54. The topological polar surface area (TPSA) is 67.2 Å². The summed E-state index contributed by atoms with van der Waals surface area (Å²) in [5.74, 6) is 0.820. The Morgan fingerprint density at radius 3 is 2.79 bits per heavy atom. The van der Waals surface area contributed by atoms with Crippen LogP contribution in [-0.2, 0) is 12.5 Å². The van der Waals surface area contributed by atoms with Crippen LogP contribution in [0, 0.1) is 0 Å². The van der Waals surface area contributed by atoms with Crippen LogP contribution in [0.15, 0.2) is 53.6 Å². The van der Waals surface area contributed by atoms with Crippen molar-refractivity contribution in [2.75, 3.05) is 11.9 Å². The molecule has 1 fully saturated rings. The van der Waals surface area contributed by atoms with Gasteiger partial charge in [0, 0.05) is 48.1 Å². The van der Waals surface area contributed by atoms with Gasteiger partial charge in [0.05, 0.1) is 11.1 Å². The van der Waals surface area contributed by atoms with Crippen LogP contribution in [-0.4, -0.2) is 27.3 Å². The van der Waals surface area contributed by atoms with Gasteiger partial charge in [0.15, 0.2) is 0 Å². The highest BCUT2D eigenvalue weighted by molar-refractivity contribution is 6.34. The third-order valence-corrected chi connectivity index (χ3v) is 6.72. The molecule has 1 aliphatic carbocycles. The molecule has 29 heavy (non-hydrogen) atoms. The van der Waals surface area contributed by atoms with Crippen LogP contribution >= 0.6 is 11.6 Å². The molecule has 1 spiro atoms. The van der Waals surface area contributed by atoms with Crippen LogP contribution in [0.4, 0.5) is 5.82 Å². The lowest BCUT2D eigenvalue weighted by Crippen LogP contribution is -2.26. The summed E-state index contributed by atoms with van der Waals surface area (Å²) in [6, 6.07) is 11.6. The number of nitrogens with zero attached hydrogens (tertiary/aromatic N) is 2. The Morgan fingerprint density at radius 1 is 1.24 bits per heavy atom. The van der Waals surface area contributed by atoms with E-state index in [-0.39, 0.29) is 17.1 Å². The van der Waals surface area contributed by atoms with Crippen molar-refractivity contribution in [1.82, 2.24) is 9.55 Å². The number of nitrogens with one attached hydrogen (secondary N) is 1. The molecule has 3 aromatic rings. The van der Waals surface area contributed by atoms with Crippen LogP contribution in [0.1, 0.15) is 24.8 Å². The van der Waals surface area contributed by atoms with Gasteiger partial charge < -0.3 is 15.0 Å². The molecule has 1 aromatic carbocycles. The quantitative estimate of drug-likeness (QED) is 0.674. The fraction of sp³-hybridized carbons (Fsp3) is 0.304. The van der Waals surface area contributed by atoms with Crippen molar-refractivity contribution in [3.8, 4) is 22.3 Å². The van der Waals surface area contributed by atoms with E-state index in [0.29, 0.717) is 17.0 Å². The lowest BCUT2D eigenvalue weighted by Gasteiger charge is -2.24. The molecule has 2 atom stereocenters. The SMILES string of the molecule is Cn1cccc(-c2cccc(-c3cnc4c(c3Cl)C3(CC[C@@H](O)C3)CN4)c2)c1=O. The number of pyridine rings is 2. The molecule has 6 heteroatoms. The Hall–Kier alpha value is -2.63. The Morgan fingerprint density at radius 2 is 2.03 bits per heavy atom. The Bertz CT molecular complexity index is 1170. The van der Waals surface area contributed by atoms with Gasteiger partial charge >= 0.3 is 0 Å². The predicted molar refractivity (Wildman–Crippen MR) is 115 cm³/mol. The van der Waals surface area contributed by atoms with Crippen LogP contribution in [0.25, 0.3) is 22.3 Å². The van der Waals surface area contributed by atoms with Crippen LogP contribution in [0.2, 0.25) is 5.02 Å². The number of anilines is 1. The molecule has 0 radical (unpaired) electrons. The maximum Gasteiger partial charge on any atom is 0.258 e. The standard InChI is InChI=1S/C23H22ClN3O2/c1-27-9-3-6-17(22(27)29)14-4-2-5-15(10-14)18-12-25-21-19(20(18)24)23(13-26-21)8-7-16(28)11-23/h2-6,9-10,12,16,28H,7-8,11,13H2,1H3,(H,25,26)/t16-,23?/m1/s1. The van der Waals surface area contributed by atoms with Crippen molar-refractivity contribution in [1.29, 1.82) is 0 Å². The fourth-order valence-corrected chi connectivity index (χ4v) is 5.25. The molecule has 2 aliphatic rings. The molecule has 1 saturated carbocycles. The van der Waals surface area contributed by atoms with Crippen LogP contribution in [0.5, 0.6) is 0 Å². The second kappa shape index (κ2) is 6.71. The molecular formula is C23H22ClN3O2. The molecule has 3 heterocycles. The summed E-state index contributed by atoms with van der Waals surface area (Å²) in [4.78, 5) is 17.2. The minimum absolute atomic E-state index is 0.0362. The van der Waals surface area contributed by atoms with Crippen molar-refractivity contribution in [3.05, 3.63) is 69.7 Å². The van der Waals surface area contributed by atoms with E-state index in [4.69, 9.17) is 11.6 Å². The first kappa shape index (κ1) is 18.4. The van der Waals surface area contributed by atoms with Gasteiger partial charge in [0.2, 0.25) is 0 Å². The first-order chi connectivity index (χ1) is 14.0. The maximum atomic E-state index is 12.5. The average molecular weight is 408 g/mol. The number of aliphatic hydroxyl groups excluding tert-OH is 1. The van der Waals surface area contributed by atoms with Crippen LogP contribution in [0.3, 0.4) is 0 Å². The number of hydrogen-bond donors (Lipinski definition) is 2. The Labute approximate surface area is 174 Å². The molecule has 148 valence electrons. The van der Waals surface area contributed by atoms with E-state index in [1.807, 2.05) is 36.4 Å². The Kier molecular flexibility index (Phi) is 4.26. The first-order valence-electron chi connectivity index (χ1n) is 9.86. The van der Waals surface area contributed by atoms with Gasteiger partial charge in [-0.3, -0.25) is 4.79 Å². The first-order valence-corrected chi connectivity index (χ1v) is 10.2. The van der Waals surface area contributed by atoms with E-state index in [1.54, 1.807) is 24.0 Å². The van der Waals surface area contributed by atoms with E-state index in [2.05, 4.69) is 10.3 Å². The summed E-state index contributed by atoms with van der Waals surface area (Å²) in [6.07, 6.45) is 5.64. The monoisotopic (exact) mass is 407 g/mol. The summed E-state index contributed by atoms with van der Waals surface area (Å²) in [7, 11) is 1.75. The highest BCUT2D eigenvalue weighted by Crippen LogP contribution is 2.51. The summed E-state index contributed by atoms with van der Waals surface area (Å²) in [5.41, 5.74) is 4.12. The minimum atomic E-state index is -0.292. The minimum Gasteiger partial charge on any atom is -0.393 e. The van der Waals surface area contributed by atoms with E-state index < -0.39 is 0 Å². The summed E-state index contributed by atoms with van der Waals surface area (Å²) in [6.45, 7) is 0.760. The molecule has 5 rings (SSSR count). The number of fused-ring (bicyclic) bond motifs is 2. The zero-order chi connectivity index (χ0) is 20.2. The summed E-state index contributed by atoms with van der Waals surface area (Å²) < 4.78 is 1.58. The van der Waals surface area contributed by atoms with Gasteiger partial charge in [-0.25, -0.2) is 4.98 Å². The maximum absolute atomic E-state index is 12.5. The van der Waals surface area contributed by atoms with Gasteiger partial charge in [-0.2, -0.15) is 0 Å². The van der Waals surface area contributed by atoms with Gasteiger partial charge in [-0.15, -0.1) is 0 Å². The van der Waals surface area contributed by atoms with E-state index in [0.717, 1.165) is 47.5 Å². The number of aromatic nitrogens is 2. The van der Waals surface area contributed by atoms with E-state index in [1.165, 1.54) is 0 Å². The van der Waals surface area contributed by atoms with Crippen molar-refractivity contribution in [3.63, 3.8) is 0 Å². The van der Waals surface area contributed by atoms with Gasteiger partial charge in [-0.1, -0.05) is 29.8 Å². The molecule has 0 amide bonds.